The SMILES string of the molecule is COC1CCCN1C(=O)c1cc2nccc(Oc3ccc4c(cc(C)n4C(=O)O)c3F)c2s1. The maximum Gasteiger partial charge on any atom is 0.416 e. The third-order valence-electron chi connectivity index (χ3n) is 5.80. The fourth-order valence-corrected chi connectivity index (χ4v) is 5.29. The number of hydrogen-bond donors (Lipinski definition) is 1. The smallest absolute Gasteiger partial charge is 0.416 e. The number of nitrogens with zero attached hydrogens (tertiary/aromatic N) is 3. The second-order valence-corrected chi connectivity index (χ2v) is 8.83. The number of fused-ring (bicyclic) bond motifs is 2. The zero-order chi connectivity index (χ0) is 23.3. The van der Waals surface area contributed by atoms with E-state index in [9.17, 15) is 14.7 Å². The minimum absolute atomic E-state index is 0.0437. The third kappa shape index (κ3) is 3.51. The van der Waals surface area contributed by atoms with Gasteiger partial charge in [-0.3, -0.25) is 9.78 Å². The molecule has 170 valence electrons. The second-order valence-electron chi connectivity index (χ2n) is 7.78. The summed E-state index contributed by atoms with van der Waals surface area (Å²) in [4.78, 5) is 31.0. The van der Waals surface area contributed by atoms with Crippen molar-refractivity contribution in [3.63, 3.8) is 0 Å². The maximum absolute atomic E-state index is 15.2. The van der Waals surface area contributed by atoms with Gasteiger partial charge in [-0.05, 0) is 44.0 Å². The predicted molar refractivity (Wildman–Crippen MR) is 121 cm³/mol. The molecule has 33 heavy (non-hydrogen) atoms. The molecular weight excluding hydrogens is 449 g/mol. The number of ether oxygens (including phenoxy) is 2. The summed E-state index contributed by atoms with van der Waals surface area (Å²) in [6.07, 6.45) is 1.79. The van der Waals surface area contributed by atoms with E-state index in [0.29, 0.717) is 33.1 Å². The molecule has 10 heteroatoms. The van der Waals surface area contributed by atoms with E-state index in [1.54, 1.807) is 31.1 Å². The molecule has 4 heterocycles. The fourth-order valence-electron chi connectivity index (χ4n) is 4.27. The Hall–Kier alpha value is -3.50. The van der Waals surface area contributed by atoms with Gasteiger partial charge in [-0.15, -0.1) is 11.3 Å². The highest BCUT2D eigenvalue weighted by Crippen LogP contribution is 2.38. The number of amides is 1. The summed E-state index contributed by atoms with van der Waals surface area (Å²) in [5, 5.41) is 9.54. The Kier molecular flexibility index (Phi) is 5.26. The van der Waals surface area contributed by atoms with E-state index < -0.39 is 11.9 Å². The molecule has 3 aromatic heterocycles. The van der Waals surface area contributed by atoms with Gasteiger partial charge in [0.15, 0.2) is 11.6 Å². The molecule has 1 N–H and O–H groups in total. The molecule has 0 bridgehead atoms. The van der Waals surface area contributed by atoms with Crippen molar-refractivity contribution in [2.45, 2.75) is 26.0 Å². The monoisotopic (exact) mass is 469 g/mol. The molecule has 8 nitrogen and oxygen atoms in total. The summed E-state index contributed by atoms with van der Waals surface area (Å²) in [7, 11) is 1.59. The van der Waals surface area contributed by atoms with E-state index in [-0.39, 0.29) is 28.8 Å². The number of aromatic nitrogens is 2. The number of thiophene rings is 1. The third-order valence-corrected chi connectivity index (χ3v) is 6.92. The minimum atomic E-state index is -1.18. The largest absolute Gasteiger partial charge is 0.464 e. The van der Waals surface area contributed by atoms with Gasteiger partial charge in [0.05, 0.1) is 20.6 Å². The first-order valence-corrected chi connectivity index (χ1v) is 11.1. The van der Waals surface area contributed by atoms with Gasteiger partial charge in [-0.2, -0.15) is 0 Å². The highest BCUT2D eigenvalue weighted by Gasteiger charge is 2.30. The second kappa shape index (κ2) is 8.13. The number of methoxy groups -OCH3 is 1. The standard InChI is InChI=1S/C23H20FN3O5S/c1-12-10-13-15(27(12)23(29)30)5-6-16(20(13)24)32-17-7-8-25-14-11-18(33-21(14)17)22(28)26-9-3-4-19(26)31-2/h5-8,10-11,19H,3-4,9H2,1-2H3,(H,29,30). The number of rotatable bonds is 4. The number of aryl methyl sites for hydroxylation is 1. The Balaban J connectivity index is 1.51. The van der Waals surface area contributed by atoms with E-state index in [1.807, 2.05) is 0 Å². The highest BCUT2D eigenvalue weighted by molar-refractivity contribution is 7.21. The lowest BCUT2D eigenvalue weighted by Gasteiger charge is -2.22. The van der Waals surface area contributed by atoms with Crippen LogP contribution in [0.1, 0.15) is 28.2 Å². The first kappa shape index (κ1) is 21.4. The van der Waals surface area contributed by atoms with Crippen molar-refractivity contribution >= 4 is 44.5 Å². The summed E-state index contributed by atoms with van der Waals surface area (Å²) in [5.74, 6) is -0.473. The van der Waals surface area contributed by atoms with Crippen LogP contribution < -0.4 is 4.74 Å². The van der Waals surface area contributed by atoms with Crippen LogP contribution in [0.25, 0.3) is 21.1 Å². The number of halogens is 1. The summed E-state index contributed by atoms with van der Waals surface area (Å²) in [5.41, 5.74) is 1.22. The average molecular weight is 469 g/mol. The number of carbonyl (C=O) groups excluding carboxylic acids is 1. The van der Waals surface area contributed by atoms with E-state index in [2.05, 4.69) is 4.98 Å². The fraction of sp³-hybridized carbons (Fsp3) is 0.261. The van der Waals surface area contributed by atoms with Crippen molar-refractivity contribution in [1.29, 1.82) is 0 Å². The first-order valence-electron chi connectivity index (χ1n) is 10.3. The Morgan fingerprint density at radius 1 is 1.24 bits per heavy atom. The van der Waals surface area contributed by atoms with Crippen molar-refractivity contribution in [3.8, 4) is 11.5 Å². The molecule has 1 aliphatic rings. The number of carbonyl (C=O) groups is 2. The molecule has 1 unspecified atom stereocenters. The number of hydrogen-bond acceptors (Lipinski definition) is 6. The molecular formula is C23H20FN3O5S. The normalized spacial score (nSPS) is 16.1. The molecule has 0 saturated carbocycles. The number of likely N-dealkylation sites (tertiary alicyclic amines) is 1. The van der Waals surface area contributed by atoms with Crippen LogP contribution in [0.15, 0.2) is 36.5 Å². The molecule has 1 fully saturated rings. The van der Waals surface area contributed by atoms with Gasteiger partial charge >= 0.3 is 6.09 Å². The van der Waals surface area contributed by atoms with Crippen LogP contribution in [0.4, 0.5) is 9.18 Å². The van der Waals surface area contributed by atoms with Crippen molar-refractivity contribution in [1.82, 2.24) is 14.5 Å². The van der Waals surface area contributed by atoms with Gasteiger partial charge in [0, 0.05) is 37.0 Å². The molecule has 4 aromatic rings. The van der Waals surface area contributed by atoms with Crippen LogP contribution in [0.5, 0.6) is 11.5 Å². The van der Waals surface area contributed by atoms with Crippen LogP contribution in [-0.2, 0) is 4.74 Å². The summed E-state index contributed by atoms with van der Waals surface area (Å²) in [6, 6.07) is 7.69. The molecule has 1 aromatic carbocycles. The van der Waals surface area contributed by atoms with E-state index >= 15 is 4.39 Å². The van der Waals surface area contributed by atoms with Crippen LogP contribution in [0.2, 0.25) is 0 Å². The van der Waals surface area contributed by atoms with Crippen LogP contribution in [0, 0.1) is 12.7 Å². The minimum Gasteiger partial charge on any atom is -0.464 e. The Bertz CT molecular complexity index is 1410. The van der Waals surface area contributed by atoms with Crippen LogP contribution >= 0.6 is 11.3 Å². The zero-order valence-corrected chi connectivity index (χ0v) is 18.7. The summed E-state index contributed by atoms with van der Waals surface area (Å²) < 4.78 is 28.2. The van der Waals surface area contributed by atoms with Crippen molar-refractivity contribution in [3.05, 3.63) is 52.9 Å². The van der Waals surface area contributed by atoms with Crippen LogP contribution in [-0.4, -0.2) is 51.4 Å². The number of pyridine rings is 1. The lowest BCUT2D eigenvalue weighted by atomic mass is 10.2. The molecule has 0 aliphatic carbocycles. The van der Waals surface area contributed by atoms with Gasteiger partial charge in [0.1, 0.15) is 12.0 Å². The predicted octanol–water partition coefficient (Wildman–Crippen LogP) is 5.23. The van der Waals surface area contributed by atoms with E-state index in [4.69, 9.17) is 9.47 Å². The topological polar surface area (TPSA) is 93.9 Å². The van der Waals surface area contributed by atoms with Gasteiger partial charge in [0.25, 0.3) is 5.91 Å². The van der Waals surface area contributed by atoms with Gasteiger partial charge in [0.2, 0.25) is 0 Å². The quantitative estimate of drug-likeness (QED) is 0.440. The molecule has 1 saturated heterocycles. The van der Waals surface area contributed by atoms with E-state index in [0.717, 1.165) is 17.4 Å². The maximum atomic E-state index is 15.2. The molecule has 1 amide bonds. The van der Waals surface area contributed by atoms with Crippen molar-refractivity contribution < 1.29 is 28.6 Å². The van der Waals surface area contributed by atoms with E-state index in [1.165, 1.54) is 35.7 Å². The Morgan fingerprint density at radius 3 is 2.82 bits per heavy atom. The molecule has 1 aliphatic heterocycles. The first-order chi connectivity index (χ1) is 15.9. The Labute approximate surface area is 191 Å². The number of carboxylic acid groups (broad SMARTS) is 1. The zero-order valence-electron chi connectivity index (χ0n) is 17.9. The highest BCUT2D eigenvalue weighted by atomic mass is 32.1. The Morgan fingerprint density at radius 2 is 2.06 bits per heavy atom. The lowest BCUT2D eigenvalue weighted by Crippen LogP contribution is -2.36. The van der Waals surface area contributed by atoms with Gasteiger partial charge in [-0.1, -0.05) is 0 Å². The molecule has 5 rings (SSSR count). The van der Waals surface area contributed by atoms with Gasteiger partial charge in [-0.25, -0.2) is 13.8 Å². The van der Waals surface area contributed by atoms with Gasteiger partial charge < -0.3 is 19.5 Å². The molecule has 0 radical (unpaired) electrons. The summed E-state index contributed by atoms with van der Waals surface area (Å²) in [6.45, 7) is 2.22. The average Bonchev–Trinajstić information content (AvgIpc) is 3.51. The molecule has 1 atom stereocenters. The van der Waals surface area contributed by atoms with Crippen molar-refractivity contribution in [2.24, 2.45) is 0 Å². The van der Waals surface area contributed by atoms with Crippen molar-refractivity contribution in [2.75, 3.05) is 13.7 Å². The number of benzene rings is 1. The molecule has 0 spiro atoms. The van der Waals surface area contributed by atoms with Crippen LogP contribution in [0.3, 0.4) is 0 Å². The lowest BCUT2D eigenvalue weighted by molar-refractivity contribution is 0.00195. The summed E-state index contributed by atoms with van der Waals surface area (Å²) >= 11 is 1.23.